The van der Waals surface area contributed by atoms with Gasteiger partial charge in [-0.2, -0.15) is 0 Å². The van der Waals surface area contributed by atoms with Crippen LogP contribution >= 0.6 is 0 Å². The third kappa shape index (κ3) is 4.45. The zero-order chi connectivity index (χ0) is 18.4. The van der Waals surface area contributed by atoms with Crippen LogP contribution in [0, 0.1) is 6.92 Å². The highest BCUT2D eigenvalue weighted by Gasteiger charge is 2.13. The summed E-state index contributed by atoms with van der Waals surface area (Å²) < 4.78 is 0. The van der Waals surface area contributed by atoms with E-state index in [0.717, 1.165) is 12.1 Å². The molecule has 2 aromatic carbocycles. The van der Waals surface area contributed by atoms with E-state index in [1.807, 2.05) is 72.6 Å². The Morgan fingerprint density at radius 3 is 2.35 bits per heavy atom. The molecule has 0 fully saturated rings. The minimum absolute atomic E-state index is 0.186. The van der Waals surface area contributed by atoms with Crippen molar-refractivity contribution in [2.75, 3.05) is 18.5 Å². The Kier molecular flexibility index (Phi) is 5.59. The molecule has 1 N–H and O–H groups in total. The maximum atomic E-state index is 12.5. The summed E-state index contributed by atoms with van der Waals surface area (Å²) in [6.45, 7) is 2.36. The van der Waals surface area contributed by atoms with Crippen LogP contribution in [0.3, 0.4) is 0 Å². The molecule has 0 aliphatic heterocycles. The molecule has 3 aromatic rings. The van der Waals surface area contributed by atoms with Gasteiger partial charge in [0, 0.05) is 25.3 Å². The van der Waals surface area contributed by atoms with Crippen LogP contribution in [0.5, 0.6) is 0 Å². The lowest BCUT2D eigenvalue weighted by atomic mass is 10.1. The number of aryl methyl sites for hydroxylation is 1. The Bertz CT molecular complexity index is 866. The second kappa shape index (κ2) is 8.25. The highest BCUT2D eigenvalue weighted by Crippen LogP contribution is 2.21. The standard InChI is InChI=1S/C21H22N4O/c1-16-23-19(21(26)22-14-13-17-9-5-3-6-10-17)15-20(24-16)25(2)18-11-7-4-8-12-18/h3-12,15H,13-14H2,1-2H3,(H,22,26). The first-order chi connectivity index (χ1) is 12.6. The molecule has 0 saturated heterocycles. The molecule has 3 rings (SSSR count). The number of nitrogens with zero attached hydrogens (tertiary/aromatic N) is 3. The Morgan fingerprint density at radius 1 is 1.00 bits per heavy atom. The van der Waals surface area contributed by atoms with Crippen LogP contribution in [0.25, 0.3) is 0 Å². The first kappa shape index (κ1) is 17.6. The molecule has 0 spiro atoms. The number of hydrogen-bond acceptors (Lipinski definition) is 4. The van der Waals surface area contributed by atoms with E-state index in [9.17, 15) is 4.79 Å². The van der Waals surface area contributed by atoms with Gasteiger partial charge in [-0.15, -0.1) is 0 Å². The van der Waals surface area contributed by atoms with E-state index in [1.165, 1.54) is 5.56 Å². The van der Waals surface area contributed by atoms with Gasteiger partial charge in [-0.25, -0.2) is 9.97 Å². The van der Waals surface area contributed by atoms with E-state index in [4.69, 9.17) is 0 Å². The fraction of sp³-hybridized carbons (Fsp3) is 0.190. The van der Waals surface area contributed by atoms with Crippen molar-refractivity contribution in [3.63, 3.8) is 0 Å². The Morgan fingerprint density at radius 2 is 1.65 bits per heavy atom. The molecule has 0 aliphatic rings. The largest absolute Gasteiger partial charge is 0.350 e. The molecule has 1 amide bonds. The zero-order valence-corrected chi connectivity index (χ0v) is 15.0. The number of carbonyl (C=O) groups is 1. The molecule has 0 aliphatic carbocycles. The molecule has 5 nitrogen and oxygen atoms in total. The highest BCUT2D eigenvalue weighted by molar-refractivity contribution is 5.93. The molecule has 0 atom stereocenters. The number of benzene rings is 2. The van der Waals surface area contributed by atoms with Gasteiger partial charge in [0.1, 0.15) is 17.3 Å². The van der Waals surface area contributed by atoms with Crippen LogP contribution in [0.4, 0.5) is 11.5 Å². The number of carbonyl (C=O) groups excluding carboxylic acids is 1. The van der Waals surface area contributed by atoms with Crippen molar-refractivity contribution in [2.45, 2.75) is 13.3 Å². The Labute approximate surface area is 153 Å². The van der Waals surface area contributed by atoms with Gasteiger partial charge in [0.15, 0.2) is 0 Å². The summed E-state index contributed by atoms with van der Waals surface area (Å²) in [6, 6.07) is 21.7. The predicted molar refractivity (Wildman–Crippen MR) is 104 cm³/mol. The molecule has 0 unspecified atom stereocenters. The number of rotatable bonds is 6. The molecule has 0 radical (unpaired) electrons. The summed E-state index contributed by atoms with van der Waals surface area (Å²) in [5, 5.41) is 2.93. The van der Waals surface area contributed by atoms with Crippen molar-refractivity contribution in [1.29, 1.82) is 0 Å². The van der Waals surface area contributed by atoms with E-state index in [1.54, 1.807) is 13.0 Å². The van der Waals surface area contributed by atoms with Gasteiger partial charge >= 0.3 is 0 Å². The maximum Gasteiger partial charge on any atom is 0.270 e. The third-order valence-electron chi connectivity index (χ3n) is 4.09. The molecular weight excluding hydrogens is 324 g/mol. The lowest BCUT2D eigenvalue weighted by molar-refractivity contribution is 0.0949. The third-order valence-corrected chi connectivity index (χ3v) is 4.09. The number of anilines is 2. The zero-order valence-electron chi connectivity index (χ0n) is 15.0. The molecule has 26 heavy (non-hydrogen) atoms. The normalized spacial score (nSPS) is 10.4. The van der Waals surface area contributed by atoms with Crippen LogP contribution in [-0.4, -0.2) is 29.5 Å². The number of para-hydroxylation sites is 1. The predicted octanol–water partition coefficient (Wildman–Crippen LogP) is 3.53. The minimum atomic E-state index is -0.186. The number of hydrogen-bond donors (Lipinski definition) is 1. The monoisotopic (exact) mass is 346 g/mol. The Balaban J connectivity index is 1.69. The molecule has 5 heteroatoms. The van der Waals surface area contributed by atoms with Crippen molar-refractivity contribution in [3.8, 4) is 0 Å². The first-order valence-corrected chi connectivity index (χ1v) is 8.60. The van der Waals surface area contributed by atoms with E-state index < -0.39 is 0 Å². The topological polar surface area (TPSA) is 58.1 Å². The van der Waals surface area contributed by atoms with Gasteiger partial charge in [0.05, 0.1) is 0 Å². The number of nitrogens with one attached hydrogen (secondary N) is 1. The molecule has 1 aromatic heterocycles. The van der Waals surface area contributed by atoms with Crippen LogP contribution in [0.2, 0.25) is 0 Å². The van der Waals surface area contributed by atoms with Crippen molar-refractivity contribution < 1.29 is 4.79 Å². The fourth-order valence-electron chi connectivity index (χ4n) is 2.68. The van der Waals surface area contributed by atoms with Crippen LogP contribution in [0.15, 0.2) is 66.7 Å². The van der Waals surface area contributed by atoms with E-state index >= 15 is 0 Å². The summed E-state index contributed by atoms with van der Waals surface area (Å²) >= 11 is 0. The van der Waals surface area contributed by atoms with Crippen molar-refractivity contribution in [1.82, 2.24) is 15.3 Å². The summed E-state index contributed by atoms with van der Waals surface area (Å²) in [5.41, 5.74) is 2.57. The van der Waals surface area contributed by atoms with Gasteiger partial charge < -0.3 is 10.2 Å². The smallest absolute Gasteiger partial charge is 0.270 e. The van der Waals surface area contributed by atoms with Gasteiger partial charge in [-0.05, 0) is 31.0 Å². The van der Waals surface area contributed by atoms with Crippen LogP contribution < -0.4 is 10.2 Å². The lowest BCUT2D eigenvalue weighted by Gasteiger charge is -2.19. The summed E-state index contributed by atoms with van der Waals surface area (Å²) in [6.07, 6.45) is 0.785. The van der Waals surface area contributed by atoms with Gasteiger partial charge in [-0.1, -0.05) is 48.5 Å². The molecule has 0 saturated carbocycles. The molecule has 0 bridgehead atoms. The molecule has 1 heterocycles. The van der Waals surface area contributed by atoms with E-state index in [-0.39, 0.29) is 5.91 Å². The first-order valence-electron chi connectivity index (χ1n) is 8.60. The fourth-order valence-corrected chi connectivity index (χ4v) is 2.68. The quantitative estimate of drug-likeness (QED) is 0.742. The Hall–Kier alpha value is -3.21. The second-order valence-corrected chi connectivity index (χ2v) is 6.04. The lowest BCUT2D eigenvalue weighted by Crippen LogP contribution is -2.27. The average molecular weight is 346 g/mol. The van der Waals surface area contributed by atoms with Crippen molar-refractivity contribution >= 4 is 17.4 Å². The summed E-state index contributed by atoms with van der Waals surface area (Å²) in [7, 11) is 1.92. The van der Waals surface area contributed by atoms with E-state index in [2.05, 4.69) is 15.3 Å². The second-order valence-electron chi connectivity index (χ2n) is 6.04. The number of aromatic nitrogens is 2. The van der Waals surface area contributed by atoms with Crippen LogP contribution in [0.1, 0.15) is 21.9 Å². The van der Waals surface area contributed by atoms with Gasteiger partial charge in [0.2, 0.25) is 0 Å². The summed E-state index contributed by atoms with van der Waals surface area (Å²) in [4.78, 5) is 23.2. The number of amides is 1. The SMILES string of the molecule is Cc1nc(C(=O)NCCc2ccccc2)cc(N(C)c2ccccc2)n1. The van der Waals surface area contributed by atoms with Gasteiger partial charge in [0.25, 0.3) is 5.91 Å². The summed E-state index contributed by atoms with van der Waals surface area (Å²) in [5.74, 6) is 1.07. The van der Waals surface area contributed by atoms with Crippen LogP contribution in [-0.2, 0) is 6.42 Å². The molecule has 132 valence electrons. The van der Waals surface area contributed by atoms with Crippen molar-refractivity contribution in [2.24, 2.45) is 0 Å². The van der Waals surface area contributed by atoms with Gasteiger partial charge in [-0.3, -0.25) is 4.79 Å². The average Bonchev–Trinajstić information content (AvgIpc) is 2.68. The molecular formula is C21H22N4O. The minimum Gasteiger partial charge on any atom is -0.350 e. The highest BCUT2D eigenvalue weighted by atomic mass is 16.1. The van der Waals surface area contributed by atoms with E-state index in [0.29, 0.717) is 23.9 Å². The van der Waals surface area contributed by atoms with Crippen molar-refractivity contribution in [3.05, 3.63) is 83.8 Å². The maximum absolute atomic E-state index is 12.5.